The van der Waals surface area contributed by atoms with Gasteiger partial charge in [0.1, 0.15) is 0 Å². The molecule has 18 heavy (non-hydrogen) atoms. The van der Waals surface area contributed by atoms with Crippen molar-refractivity contribution in [3.05, 3.63) is 0 Å². The fraction of sp³-hybridized carbons (Fsp3) is 0.923. The summed E-state index contributed by atoms with van der Waals surface area (Å²) in [6, 6.07) is 0. The number of rotatable bonds is 10. The highest BCUT2D eigenvalue weighted by molar-refractivity contribution is 7.98. The van der Waals surface area contributed by atoms with E-state index >= 15 is 0 Å². The molecule has 0 unspecified atom stereocenters. The number of thioether (sulfide) groups is 1. The summed E-state index contributed by atoms with van der Waals surface area (Å²) < 4.78 is 0. The molecule has 0 saturated heterocycles. The summed E-state index contributed by atoms with van der Waals surface area (Å²) in [5.74, 6) is 2.07. The van der Waals surface area contributed by atoms with Crippen LogP contribution in [0, 0.1) is 0 Å². The molecule has 0 spiro atoms. The highest BCUT2D eigenvalue weighted by Crippen LogP contribution is 1.91. The second-order valence-corrected chi connectivity index (χ2v) is 5.05. The molecule has 0 amide bonds. The van der Waals surface area contributed by atoms with Gasteiger partial charge in [-0.1, -0.05) is 13.8 Å². The van der Waals surface area contributed by atoms with Crippen LogP contribution in [0.5, 0.6) is 0 Å². The summed E-state index contributed by atoms with van der Waals surface area (Å²) in [4.78, 5) is 7.02. The van der Waals surface area contributed by atoms with Crippen molar-refractivity contribution in [2.75, 3.05) is 51.3 Å². The lowest BCUT2D eigenvalue weighted by atomic mass is 10.4. The number of hydrogen-bond donors (Lipinski definition) is 2. The normalized spacial score (nSPS) is 11.9. The number of nitrogens with one attached hydrogen (secondary N) is 2. The quantitative estimate of drug-likeness (QED) is 0.361. The third-order valence-electron chi connectivity index (χ3n) is 2.74. The molecule has 4 nitrogen and oxygen atoms in total. The SMILES string of the molecule is CCNC(=NCCCN(CC)CC)NCCSC. The second-order valence-electron chi connectivity index (χ2n) is 4.06. The van der Waals surface area contributed by atoms with Crippen molar-refractivity contribution in [1.82, 2.24) is 15.5 Å². The second kappa shape index (κ2) is 13.0. The highest BCUT2D eigenvalue weighted by atomic mass is 32.2. The van der Waals surface area contributed by atoms with Crippen LogP contribution < -0.4 is 10.6 Å². The molecule has 0 saturated carbocycles. The molecular formula is C13H30N4S. The Morgan fingerprint density at radius 1 is 1.17 bits per heavy atom. The standard InChI is InChI=1S/C13H30N4S/c1-5-14-13(16-10-12-18-4)15-9-8-11-17(6-2)7-3/h5-12H2,1-4H3,(H2,14,15,16). The zero-order valence-corrected chi connectivity index (χ0v) is 13.3. The van der Waals surface area contributed by atoms with E-state index in [1.807, 2.05) is 11.8 Å². The molecule has 0 aliphatic rings. The van der Waals surface area contributed by atoms with Crippen LogP contribution in [0.25, 0.3) is 0 Å². The predicted molar refractivity (Wildman–Crippen MR) is 84.8 cm³/mol. The first-order valence-electron chi connectivity index (χ1n) is 7.01. The Balaban J connectivity index is 3.84. The minimum absolute atomic E-state index is 0.894. The third kappa shape index (κ3) is 9.59. The number of guanidine groups is 1. The summed E-state index contributed by atoms with van der Waals surface area (Å²) >= 11 is 1.85. The average Bonchev–Trinajstić information content (AvgIpc) is 2.39. The van der Waals surface area contributed by atoms with Gasteiger partial charge in [-0.15, -0.1) is 0 Å². The van der Waals surface area contributed by atoms with Crippen molar-refractivity contribution in [2.45, 2.75) is 27.2 Å². The topological polar surface area (TPSA) is 39.7 Å². The lowest BCUT2D eigenvalue weighted by Crippen LogP contribution is -2.38. The molecule has 0 rings (SSSR count). The van der Waals surface area contributed by atoms with E-state index in [2.05, 4.69) is 47.6 Å². The van der Waals surface area contributed by atoms with Crippen molar-refractivity contribution >= 4 is 17.7 Å². The van der Waals surface area contributed by atoms with Crippen molar-refractivity contribution in [3.8, 4) is 0 Å². The Kier molecular flexibility index (Phi) is 12.7. The molecule has 0 heterocycles. The molecule has 0 bridgehead atoms. The van der Waals surface area contributed by atoms with Crippen LogP contribution in [0.1, 0.15) is 27.2 Å². The molecule has 0 radical (unpaired) electrons. The maximum Gasteiger partial charge on any atom is 0.191 e. The van der Waals surface area contributed by atoms with Crippen LogP contribution in [0.2, 0.25) is 0 Å². The Hall–Kier alpha value is -0.420. The predicted octanol–water partition coefficient (Wildman–Crippen LogP) is 1.64. The summed E-state index contributed by atoms with van der Waals surface area (Å²) in [6.07, 6.45) is 3.25. The molecule has 0 atom stereocenters. The molecule has 0 fully saturated rings. The highest BCUT2D eigenvalue weighted by Gasteiger charge is 1.99. The molecule has 0 aromatic carbocycles. The lowest BCUT2D eigenvalue weighted by molar-refractivity contribution is 0.302. The molecule has 5 heteroatoms. The van der Waals surface area contributed by atoms with Gasteiger partial charge in [0, 0.05) is 25.4 Å². The third-order valence-corrected chi connectivity index (χ3v) is 3.35. The first-order chi connectivity index (χ1) is 8.78. The van der Waals surface area contributed by atoms with Crippen molar-refractivity contribution in [3.63, 3.8) is 0 Å². The van der Waals surface area contributed by atoms with E-state index in [4.69, 9.17) is 0 Å². The minimum Gasteiger partial charge on any atom is -0.357 e. The number of nitrogens with zero attached hydrogens (tertiary/aromatic N) is 2. The van der Waals surface area contributed by atoms with E-state index in [9.17, 15) is 0 Å². The van der Waals surface area contributed by atoms with Gasteiger partial charge in [0.25, 0.3) is 0 Å². The van der Waals surface area contributed by atoms with Crippen molar-refractivity contribution in [2.24, 2.45) is 4.99 Å². The molecular weight excluding hydrogens is 244 g/mol. The van der Waals surface area contributed by atoms with Gasteiger partial charge in [-0.05, 0) is 39.2 Å². The summed E-state index contributed by atoms with van der Waals surface area (Å²) in [6.45, 7) is 12.7. The molecule has 0 aromatic rings. The minimum atomic E-state index is 0.894. The van der Waals surface area contributed by atoms with Crippen LogP contribution in [-0.4, -0.2) is 62.1 Å². The largest absolute Gasteiger partial charge is 0.357 e. The molecule has 0 aliphatic heterocycles. The molecule has 2 N–H and O–H groups in total. The monoisotopic (exact) mass is 274 g/mol. The summed E-state index contributed by atoms with van der Waals surface area (Å²) in [5, 5.41) is 6.62. The maximum atomic E-state index is 4.58. The maximum absolute atomic E-state index is 4.58. The van der Waals surface area contributed by atoms with Crippen LogP contribution in [-0.2, 0) is 0 Å². The number of hydrogen-bond acceptors (Lipinski definition) is 3. The van der Waals surface area contributed by atoms with Crippen LogP contribution >= 0.6 is 11.8 Å². The Labute approximate surface area is 117 Å². The zero-order valence-electron chi connectivity index (χ0n) is 12.5. The zero-order chi connectivity index (χ0) is 13.6. The van der Waals surface area contributed by atoms with E-state index < -0.39 is 0 Å². The first kappa shape index (κ1) is 17.6. The van der Waals surface area contributed by atoms with Crippen LogP contribution in [0.15, 0.2) is 4.99 Å². The Morgan fingerprint density at radius 3 is 2.44 bits per heavy atom. The fourth-order valence-corrected chi connectivity index (χ4v) is 1.94. The number of aliphatic imine (C=N–C) groups is 1. The van der Waals surface area contributed by atoms with Crippen molar-refractivity contribution in [1.29, 1.82) is 0 Å². The Morgan fingerprint density at radius 2 is 1.89 bits per heavy atom. The van der Waals surface area contributed by atoms with Gasteiger partial charge in [-0.2, -0.15) is 11.8 Å². The fourth-order valence-electron chi connectivity index (χ4n) is 1.64. The van der Waals surface area contributed by atoms with E-state index in [-0.39, 0.29) is 0 Å². The van der Waals surface area contributed by atoms with Crippen molar-refractivity contribution < 1.29 is 0 Å². The van der Waals surface area contributed by atoms with Gasteiger partial charge in [0.15, 0.2) is 5.96 Å². The average molecular weight is 274 g/mol. The van der Waals surface area contributed by atoms with E-state index in [0.717, 1.165) is 57.4 Å². The summed E-state index contributed by atoms with van der Waals surface area (Å²) in [7, 11) is 0. The van der Waals surface area contributed by atoms with Gasteiger partial charge >= 0.3 is 0 Å². The van der Waals surface area contributed by atoms with Crippen LogP contribution in [0.3, 0.4) is 0 Å². The van der Waals surface area contributed by atoms with E-state index in [1.165, 1.54) is 0 Å². The van der Waals surface area contributed by atoms with Crippen LogP contribution in [0.4, 0.5) is 0 Å². The van der Waals surface area contributed by atoms with Gasteiger partial charge in [-0.25, -0.2) is 0 Å². The van der Waals surface area contributed by atoms with Gasteiger partial charge in [0.05, 0.1) is 0 Å². The van der Waals surface area contributed by atoms with E-state index in [0.29, 0.717) is 0 Å². The lowest BCUT2D eigenvalue weighted by Gasteiger charge is -2.17. The van der Waals surface area contributed by atoms with Gasteiger partial charge in [-0.3, -0.25) is 4.99 Å². The van der Waals surface area contributed by atoms with Gasteiger partial charge in [0.2, 0.25) is 0 Å². The molecule has 108 valence electrons. The smallest absolute Gasteiger partial charge is 0.191 e. The Bertz CT molecular complexity index is 205. The summed E-state index contributed by atoms with van der Waals surface area (Å²) in [5.41, 5.74) is 0. The van der Waals surface area contributed by atoms with E-state index in [1.54, 1.807) is 0 Å². The van der Waals surface area contributed by atoms with Gasteiger partial charge < -0.3 is 15.5 Å². The molecule has 0 aromatic heterocycles. The first-order valence-corrected chi connectivity index (χ1v) is 8.41. The molecule has 0 aliphatic carbocycles.